The first-order chi connectivity index (χ1) is 9.36. The highest BCUT2D eigenvalue weighted by Crippen LogP contribution is 2.24. The lowest BCUT2D eigenvalue weighted by Crippen LogP contribution is -2.26. The largest absolute Gasteiger partial charge is 0.481 e. The maximum atomic E-state index is 5.31. The summed E-state index contributed by atoms with van der Waals surface area (Å²) in [5.74, 6) is 1.56. The first-order valence-electron chi connectivity index (χ1n) is 6.30. The molecule has 108 valence electrons. The predicted octanol–water partition coefficient (Wildman–Crippen LogP) is 1.77. The zero-order valence-corrected chi connectivity index (χ0v) is 11.9. The van der Waals surface area contributed by atoms with Crippen molar-refractivity contribution in [3.8, 4) is 17.4 Å². The molecule has 0 amide bonds. The Morgan fingerprint density at radius 3 is 3.00 bits per heavy atom. The minimum absolute atomic E-state index is 0. The van der Waals surface area contributed by atoms with Crippen LogP contribution in [0.2, 0.25) is 0 Å². The quantitative estimate of drug-likeness (QED) is 0.924. The molecule has 20 heavy (non-hydrogen) atoms. The van der Waals surface area contributed by atoms with E-state index in [2.05, 4.69) is 25.4 Å². The van der Waals surface area contributed by atoms with Crippen molar-refractivity contribution in [1.29, 1.82) is 0 Å². The Hall–Kier alpha value is -1.73. The second-order valence-electron chi connectivity index (χ2n) is 4.40. The van der Waals surface area contributed by atoms with Crippen molar-refractivity contribution in [2.45, 2.75) is 25.3 Å². The third-order valence-corrected chi connectivity index (χ3v) is 3.13. The van der Waals surface area contributed by atoms with Gasteiger partial charge in [-0.1, -0.05) is 11.6 Å². The summed E-state index contributed by atoms with van der Waals surface area (Å²) in [5.41, 5.74) is 0.595. The molecule has 1 atom stereocenters. The van der Waals surface area contributed by atoms with Crippen molar-refractivity contribution in [1.82, 2.24) is 25.4 Å². The van der Waals surface area contributed by atoms with Gasteiger partial charge in [-0.25, -0.2) is 9.97 Å². The zero-order chi connectivity index (χ0) is 13.1. The molecule has 2 aromatic rings. The van der Waals surface area contributed by atoms with Crippen LogP contribution < -0.4 is 10.1 Å². The molecule has 3 heterocycles. The molecule has 1 fully saturated rings. The number of piperidine rings is 1. The molecule has 1 aliphatic rings. The SMILES string of the molecule is COc1cc(-c2noc([C@H]3CCCCN3)n2)ncn1.Cl. The second-order valence-corrected chi connectivity index (χ2v) is 4.40. The van der Waals surface area contributed by atoms with E-state index < -0.39 is 0 Å². The Bertz CT molecular complexity index is 556. The highest BCUT2D eigenvalue weighted by Gasteiger charge is 2.21. The average Bonchev–Trinajstić information content (AvgIpc) is 2.98. The Labute approximate surface area is 122 Å². The van der Waals surface area contributed by atoms with E-state index in [-0.39, 0.29) is 18.4 Å². The third kappa shape index (κ3) is 3.05. The summed E-state index contributed by atoms with van der Waals surface area (Å²) < 4.78 is 10.4. The maximum Gasteiger partial charge on any atom is 0.244 e. The number of nitrogens with one attached hydrogen (secondary N) is 1. The number of aromatic nitrogens is 4. The van der Waals surface area contributed by atoms with Gasteiger partial charge in [0, 0.05) is 6.07 Å². The molecular formula is C12H16ClN5O2. The number of rotatable bonds is 3. The van der Waals surface area contributed by atoms with Gasteiger partial charge < -0.3 is 14.6 Å². The van der Waals surface area contributed by atoms with Crippen molar-refractivity contribution in [3.05, 3.63) is 18.3 Å². The van der Waals surface area contributed by atoms with Gasteiger partial charge >= 0.3 is 0 Å². The van der Waals surface area contributed by atoms with Crippen LogP contribution in [0, 0.1) is 0 Å². The number of hydrogen-bond donors (Lipinski definition) is 1. The van der Waals surface area contributed by atoms with E-state index in [4.69, 9.17) is 9.26 Å². The Morgan fingerprint density at radius 1 is 1.35 bits per heavy atom. The first-order valence-corrected chi connectivity index (χ1v) is 6.30. The molecule has 3 rings (SSSR count). The van der Waals surface area contributed by atoms with E-state index in [1.165, 1.54) is 19.2 Å². The van der Waals surface area contributed by atoms with E-state index in [0.29, 0.717) is 23.3 Å². The van der Waals surface area contributed by atoms with Gasteiger partial charge in [0.05, 0.1) is 13.2 Å². The van der Waals surface area contributed by atoms with Crippen LogP contribution in [-0.4, -0.2) is 33.8 Å². The molecule has 0 aliphatic carbocycles. The number of halogens is 1. The molecule has 1 N–H and O–H groups in total. The fourth-order valence-electron chi connectivity index (χ4n) is 2.12. The summed E-state index contributed by atoms with van der Waals surface area (Å²) in [6.45, 7) is 0.990. The van der Waals surface area contributed by atoms with E-state index in [9.17, 15) is 0 Å². The van der Waals surface area contributed by atoms with Crippen LogP contribution in [0.1, 0.15) is 31.2 Å². The molecule has 0 bridgehead atoms. The lowest BCUT2D eigenvalue weighted by Gasteiger charge is -2.19. The monoisotopic (exact) mass is 297 g/mol. The van der Waals surface area contributed by atoms with Crippen LogP contribution >= 0.6 is 12.4 Å². The predicted molar refractivity (Wildman–Crippen MR) is 73.7 cm³/mol. The minimum atomic E-state index is 0. The van der Waals surface area contributed by atoms with Gasteiger partial charge in [-0.3, -0.25) is 0 Å². The molecule has 0 unspecified atom stereocenters. The molecule has 0 saturated carbocycles. The standard InChI is InChI=1S/C12H15N5O2.ClH/c1-18-10-6-9(14-7-15-10)11-16-12(19-17-11)8-4-2-3-5-13-8;/h6-8,13H,2-5H2,1H3;1H/t8-;/m1./s1. The highest BCUT2D eigenvalue weighted by molar-refractivity contribution is 5.85. The van der Waals surface area contributed by atoms with Gasteiger partial charge in [-0.15, -0.1) is 12.4 Å². The topological polar surface area (TPSA) is 86.0 Å². The summed E-state index contributed by atoms with van der Waals surface area (Å²) in [5, 5.41) is 7.33. The second kappa shape index (κ2) is 6.62. The summed E-state index contributed by atoms with van der Waals surface area (Å²) >= 11 is 0. The minimum Gasteiger partial charge on any atom is -0.481 e. The van der Waals surface area contributed by atoms with Crippen LogP contribution in [0.15, 0.2) is 16.9 Å². The molecular weight excluding hydrogens is 282 g/mol. The summed E-state index contributed by atoms with van der Waals surface area (Å²) in [6.07, 6.45) is 4.81. The van der Waals surface area contributed by atoms with Crippen LogP contribution in [0.3, 0.4) is 0 Å². The van der Waals surface area contributed by atoms with Crippen LogP contribution in [0.5, 0.6) is 5.88 Å². The molecule has 1 saturated heterocycles. The summed E-state index contributed by atoms with van der Waals surface area (Å²) in [7, 11) is 1.56. The fraction of sp³-hybridized carbons (Fsp3) is 0.500. The lowest BCUT2D eigenvalue weighted by molar-refractivity contribution is 0.297. The molecule has 8 heteroatoms. The number of hydrogen-bond acceptors (Lipinski definition) is 7. The zero-order valence-electron chi connectivity index (χ0n) is 11.1. The molecule has 7 nitrogen and oxygen atoms in total. The average molecular weight is 298 g/mol. The van der Waals surface area contributed by atoms with Gasteiger partial charge in [0.2, 0.25) is 17.6 Å². The van der Waals surface area contributed by atoms with Gasteiger partial charge in [0.25, 0.3) is 0 Å². The normalized spacial score (nSPS) is 18.4. The van der Waals surface area contributed by atoms with E-state index in [1.807, 2.05) is 0 Å². The fourth-order valence-corrected chi connectivity index (χ4v) is 2.12. The first kappa shape index (κ1) is 14.7. The van der Waals surface area contributed by atoms with E-state index in [1.54, 1.807) is 13.2 Å². The Balaban J connectivity index is 0.00000147. The van der Waals surface area contributed by atoms with Crippen molar-refractivity contribution in [3.63, 3.8) is 0 Å². The maximum absolute atomic E-state index is 5.31. The van der Waals surface area contributed by atoms with Gasteiger partial charge in [0.1, 0.15) is 12.0 Å². The number of methoxy groups -OCH3 is 1. The summed E-state index contributed by atoms with van der Waals surface area (Å²) in [6, 6.07) is 1.84. The molecule has 0 spiro atoms. The van der Waals surface area contributed by atoms with Crippen LogP contribution in [0.4, 0.5) is 0 Å². The molecule has 2 aromatic heterocycles. The number of nitrogens with zero attached hydrogens (tertiary/aromatic N) is 4. The smallest absolute Gasteiger partial charge is 0.244 e. The lowest BCUT2D eigenvalue weighted by atomic mass is 10.1. The van der Waals surface area contributed by atoms with E-state index >= 15 is 0 Å². The van der Waals surface area contributed by atoms with Gasteiger partial charge in [-0.05, 0) is 19.4 Å². The summed E-state index contributed by atoms with van der Waals surface area (Å²) in [4.78, 5) is 12.5. The third-order valence-electron chi connectivity index (χ3n) is 3.13. The number of ether oxygens (including phenoxy) is 1. The van der Waals surface area contributed by atoms with Crippen molar-refractivity contribution >= 4 is 12.4 Å². The Kier molecular flexibility index (Phi) is 4.86. The van der Waals surface area contributed by atoms with Crippen molar-refractivity contribution < 1.29 is 9.26 Å². The van der Waals surface area contributed by atoms with Crippen molar-refractivity contribution in [2.75, 3.05) is 13.7 Å². The van der Waals surface area contributed by atoms with Crippen LogP contribution in [0.25, 0.3) is 11.5 Å². The van der Waals surface area contributed by atoms with Gasteiger partial charge in [0.15, 0.2) is 0 Å². The molecule has 0 radical (unpaired) electrons. The highest BCUT2D eigenvalue weighted by atomic mass is 35.5. The Morgan fingerprint density at radius 2 is 2.25 bits per heavy atom. The van der Waals surface area contributed by atoms with Crippen molar-refractivity contribution in [2.24, 2.45) is 0 Å². The molecule has 0 aromatic carbocycles. The van der Waals surface area contributed by atoms with E-state index in [0.717, 1.165) is 13.0 Å². The van der Waals surface area contributed by atoms with Crippen LogP contribution in [-0.2, 0) is 0 Å². The van der Waals surface area contributed by atoms with Gasteiger partial charge in [-0.2, -0.15) is 4.98 Å². The molecule has 1 aliphatic heterocycles.